The predicted octanol–water partition coefficient (Wildman–Crippen LogP) is 4.22. The summed E-state index contributed by atoms with van der Waals surface area (Å²) in [6, 6.07) is 10.3. The van der Waals surface area contributed by atoms with Crippen LogP contribution >= 0.6 is 24.8 Å². The Morgan fingerprint density at radius 3 is 2.46 bits per heavy atom. The molecule has 0 bridgehead atoms. The van der Waals surface area contributed by atoms with E-state index in [2.05, 4.69) is 46.5 Å². The van der Waals surface area contributed by atoms with Crippen LogP contribution in [0.15, 0.2) is 34.7 Å². The Bertz CT molecular complexity index is 676. The molecule has 3 rings (SSSR count). The number of aromatic nitrogens is 2. The Morgan fingerprint density at radius 1 is 1.14 bits per heavy atom. The van der Waals surface area contributed by atoms with E-state index in [4.69, 9.17) is 10.2 Å². The lowest BCUT2D eigenvalue weighted by Crippen LogP contribution is -2.52. The van der Waals surface area contributed by atoms with Gasteiger partial charge in [0.25, 0.3) is 0 Å². The van der Waals surface area contributed by atoms with Crippen LogP contribution in [0.5, 0.6) is 0 Å². The standard InChI is InChI=1S/C20H31N5O.2ClH/c1-3-25(2)20(12-8-5-9-13-20)15-22-19-24-23-18(26-19)17(21)14-16-10-6-4-7-11-16;;/h4,6-7,10-11,17H,3,5,8-9,12-15,21H2,1-2H3,(H,22,24);2*1H/t17-;;/m1../s1. The number of nitrogens with one attached hydrogen (secondary N) is 1. The minimum absolute atomic E-state index is 0. The third-order valence-corrected chi connectivity index (χ3v) is 5.69. The summed E-state index contributed by atoms with van der Waals surface area (Å²) in [5.41, 5.74) is 7.58. The molecule has 1 aromatic carbocycles. The van der Waals surface area contributed by atoms with Crippen LogP contribution in [0.25, 0.3) is 0 Å². The van der Waals surface area contributed by atoms with Crippen LogP contribution in [0.3, 0.4) is 0 Å². The number of anilines is 1. The molecule has 1 heterocycles. The Labute approximate surface area is 180 Å². The minimum Gasteiger partial charge on any atom is -0.406 e. The van der Waals surface area contributed by atoms with Crippen molar-refractivity contribution in [3.05, 3.63) is 41.8 Å². The lowest BCUT2D eigenvalue weighted by Gasteiger charge is -2.44. The molecule has 3 N–H and O–H groups in total. The highest BCUT2D eigenvalue weighted by Gasteiger charge is 2.35. The summed E-state index contributed by atoms with van der Waals surface area (Å²) in [4.78, 5) is 2.46. The topological polar surface area (TPSA) is 80.2 Å². The van der Waals surface area contributed by atoms with Gasteiger partial charge in [-0.05, 0) is 38.4 Å². The molecule has 0 aliphatic heterocycles. The fraction of sp³-hybridized carbons (Fsp3) is 0.600. The summed E-state index contributed by atoms with van der Waals surface area (Å²) in [7, 11) is 2.21. The van der Waals surface area contributed by atoms with Crippen molar-refractivity contribution in [3.63, 3.8) is 0 Å². The summed E-state index contributed by atoms with van der Waals surface area (Å²) >= 11 is 0. The second-order valence-electron chi connectivity index (χ2n) is 7.39. The first-order valence-electron chi connectivity index (χ1n) is 9.71. The molecule has 1 fully saturated rings. The zero-order valence-electron chi connectivity index (χ0n) is 16.8. The number of benzene rings is 1. The van der Waals surface area contributed by atoms with Gasteiger partial charge in [-0.2, -0.15) is 0 Å². The smallest absolute Gasteiger partial charge is 0.315 e. The molecule has 1 aliphatic carbocycles. The average Bonchev–Trinajstić information content (AvgIpc) is 3.16. The number of hydrogen-bond donors (Lipinski definition) is 2. The highest BCUT2D eigenvalue weighted by molar-refractivity contribution is 5.85. The zero-order chi connectivity index (χ0) is 18.4. The van der Waals surface area contributed by atoms with E-state index in [9.17, 15) is 0 Å². The van der Waals surface area contributed by atoms with Crippen LogP contribution in [0.1, 0.15) is 56.5 Å². The van der Waals surface area contributed by atoms with E-state index in [-0.39, 0.29) is 36.4 Å². The molecule has 1 aromatic heterocycles. The molecule has 1 aliphatic rings. The molecule has 0 amide bonds. The van der Waals surface area contributed by atoms with Crippen LogP contribution in [-0.4, -0.2) is 40.8 Å². The maximum atomic E-state index is 6.24. The lowest BCUT2D eigenvalue weighted by atomic mass is 9.80. The Kier molecular flexibility index (Phi) is 10.2. The molecule has 158 valence electrons. The van der Waals surface area contributed by atoms with Gasteiger partial charge >= 0.3 is 6.01 Å². The number of halogens is 2. The number of likely N-dealkylation sites (N-methyl/N-ethyl adjacent to an activating group) is 1. The largest absolute Gasteiger partial charge is 0.406 e. The summed E-state index contributed by atoms with van der Waals surface area (Å²) in [6.07, 6.45) is 6.99. The molecular weight excluding hydrogens is 397 g/mol. The fourth-order valence-corrected chi connectivity index (χ4v) is 3.89. The first-order valence-corrected chi connectivity index (χ1v) is 9.71. The van der Waals surface area contributed by atoms with Gasteiger partial charge in [0.15, 0.2) is 0 Å². The monoisotopic (exact) mass is 429 g/mol. The third-order valence-electron chi connectivity index (χ3n) is 5.69. The summed E-state index contributed by atoms with van der Waals surface area (Å²) in [5.74, 6) is 0.484. The summed E-state index contributed by atoms with van der Waals surface area (Å²) in [5, 5.41) is 11.7. The van der Waals surface area contributed by atoms with Crippen molar-refractivity contribution < 1.29 is 4.42 Å². The van der Waals surface area contributed by atoms with Crippen molar-refractivity contribution >= 4 is 30.8 Å². The maximum Gasteiger partial charge on any atom is 0.315 e. The molecule has 2 aromatic rings. The van der Waals surface area contributed by atoms with Crippen molar-refractivity contribution in [1.29, 1.82) is 0 Å². The minimum atomic E-state index is -0.289. The normalized spacial score (nSPS) is 16.7. The molecule has 1 atom stereocenters. The van der Waals surface area contributed by atoms with E-state index in [1.165, 1.54) is 37.7 Å². The van der Waals surface area contributed by atoms with Crippen LogP contribution < -0.4 is 11.1 Å². The lowest BCUT2D eigenvalue weighted by molar-refractivity contribution is 0.0917. The zero-order valence-corrected chi connectivity index (χ0v) is 18.4. The number of nitrogens with two attached hydrogens (primary N) is 1. The summed E-state index contributed by atoms with van der Waals surface area (Å²) < 4.78 is 5.79. The van der Waals surface area contributed by atoms with Gasteiger partial charge < -0.3 is 15.5 Å². The first-order chi connectivity index (χ1) is 12.6. The van der Waals surface area contributed by atoms with Gasteiger partial charge in [0.1, 0.15) is 0 Å². The molecule has 0 unspecified atom stereocenters. The van der Waals surface area contributed by atoms with Crippen molar-refractivity contribution in [2.75, 3.05) is 25.5 Å². The van der Waals surface area contributed by atoms with Crippen molar-refractivity contribution in [2.45, 2.75) is 57.0 Å². The molecular formula is C20H33Cl2N5O. The van der Waals surface area contributed by atoms with Crippen molar-refractivity contribution in [1.82, 2.24) is 15.1 Å². The van der Waals surface area contributed by atoms with Crippen molar-refractivity contribution in [2.24, 2.45) is 5.73 Å². The highest BCUT2D eigenvalue weighted by atomic mass is 35.5. The van der Waals surface area contributed by atoms with Gasteiger partial charge in [-0.15, -0.1) is 29.9 Å². The van der Waals surface area contributed by atoms with Gasteiger partial charge in [0.05, 0.1) is 6.04 Å². The second kappa shape index (κ2) is 11.6. The number of hydrogen-bond acceptors (Lipinski definition) is 6. The highest BCUT2D eigenvalue weighted by Crippen LogP contribution is 2.33. The van der Waals surface area contributed by atoms with Gasteiger partial charge in [-0.3, -0.25) is 4.90 Å². The SMILES string of the molecule is CCN(C)C1(CNc2nnc([C@H](N)Cc3ccccc3)o2)CCCCC1.Cl.Cl. The molecule has 1 saturated carbocycles. The molecule has 6 nitrogen and oxygen atoms in total. The van der Waals surface area contributed by atoms with Crippen LogP contribution in [0.4, 0.5) is 6.01 Å². The quantitative estimate of drug-likeness (QED) is 0.653. The molecule has 0 spiro atoms. The molecule has 8 heteroatoms. The van der Waals surface area contributed by atoms with Gasteiger partial charge in [0.2, 0.25) is 5.89 Å². The first kappa shape index (κ1) is 24.7. The Morgan fingerprint density at radius 2 is 1.82 bits per heavy atom. The van der Waals surface area contributed by atoms with Crippen LogP contribution in [0, 0.1) is 0 Å². The molecule has 0 saturated heterocycles. The van der Waals surface area contributed by atoms with E-state index in [0.29, 0.717) is 18.3 Å². The van der Waals surface area contributed by atoms with E-state index in [0.717, 1.165) is 13.1 Å². The van der Waals surface area contributed by atoms with Gasteiger partial charge in [0, 0.05) is 12.1 Å². The van der Waals surface area contributed by atoms with E-state index in [1.54, 1.807) is 0 Å². The van der Waals surface area contributed by atoms with E-state index in [1.807, 2.05) is 18.2 Å². The van der Waals surface area contributed by atoms with Gasteiger partial charge in [-0.25, -0.2) is 0 Å². The fourth-order valence-electron chi connectivity index (χ4n) is 3.89. The number of rotatable bonds is 8. The van der Waals surface area contributed by atoms with E-state index >= 15 is 0 Å². The maximum absolute atomic E-state index is 6.24. The molecule has 28 heavy (non-hydrogen) atoms. The van der Waals surface area contributed by atoms with Crippen molar-refractivity contribution in [3.8, 4) is 0 Å². The van der Waals surface area contributed by atoms with E-state index < -0.39 is 0 Å². The predicted molar refractivity (Wildman–Crippen MR) is 118 cm³/mol. The van der Waals surface area contributed by atoms with Crippen LogP contribution in [-0.2, 0) is 6.42 Å². The average molecular weight is 430 g/mol. The summed E-state index contributed by atoms with van der Waals surface area (Å²) in [6.45, 7) is 4.08. The third kappa shape index (κ3) is 6.08. The Hall–Kier alpha value is -1.34. The second-order valence-corrected chi connectivity index (χ2v) is 7.39. The van der Waals surface area contributed by atoms with Crippen LogP contribution in [0.2, 0.25) is 0 Å². The number of nitrogens with zero attached hydrogens (tertiary/aromatic N) is 3. The Balaban J connectivity index is 0.00000196. The molecule has 0 radical (unpaired) electrons. The van der Waals surface area contributed by atoms with Gasteiger partial charge in [-0.1, -0.05) is 61.6 Å².